The lowest BCUT2D eigenvalue weighted by atomic mass is 10.2. The molecule has 1 saturated heterocycles. The Kier molecular flexibility index (Phi) is 5.51. The molecule has 0 aromatic heterocycles. The van der Waals surface area contributed by atoms with E-state index in [-0.39, 0.29) is 12.5 Å². The number of nitrogens with one attached hydrogen (secondary N) is 1. The zero-order chi connectivity index (χ0) is 12.0. The van der Waals surface area contributed by atoms with E-state index < -0.39 is 12.6 Å². The molecule has 1 heterocycles. The lowest BCUT2D eigenvalue weighted by Crippen LogP contribution is -2.46. The Balaban J connectivity index is 2.16. The van der Waals surface area contributed by atoms with Crippen molar-refractivity contribution in [3.8, 4) is 0 Å². The van der Waals surface area contributed by atoms with E-state index in [4.69, 9.17) is 4.74 Å². The smallest absolute Gasteiger partial charge is 0.374 e. The summed E-state index contributed by atoms with van der Waals surface area (Å²) >= 11 is 0. The Hall–Kier alpha value is -0.330. The molecule has 0 aliphatic carbocycles. The van der Waals surface area contributed by atoms with E-state index in [0.717, 1.165) is 19.6 Å². The summed E-state index contributed by atoms with van der Waals surface area (Å²) in [6.45, 7) is 3.31. The second-order valence-electron chi connectivity index (χ2n) is 4.07. The van der Waals surface area contributed by atoms with Crippen LogP contribution in [-0.2, 0) is 4.74 Å². The van der Waals surface area contributed by atoms with Gasteiger partial charge in [0, 0.05) is 26.1 Å². The van der Waals surface area contributed by atoms with Gasteiger partial charge in [0.2, 0.25) is 0 Å². The first-order valence-electron chi connectivity index (χ1n) is 5.56. The molecule has 0 aromatic carbocycles. The Morgan fingerprint density at radius 1 is 1.44 bits per heavy atom. The van der Waals surface area contributed by atoms with Gasteiger partial charge in [0.15, 0.2) is 0 Å². The van der Waals surface area contributed by atoms with E-state index in [1.807, 2.05) is 11.9 Å². The second kappa shape index (κ2) is 6.42. The van der Waals surface area contributed by atoms with Crippen molar-refractivity contribution in [3.63, 3.8) is 0 Å². The minimum absolute atomic E-state index is 0.102. The Labute approximate surface area is 93.9 Å². The quantitative estimate of drug-likeness (QED) is 0.782. The largest absolute Gasteiger partial charge is 0.389 e. The molecular weight excluding hydrogens is 221 g/mol. The molecule has 3 nitrogen and oxygen atoms in total. The first-order valence-corrected chi connectivity index (χ1v) is 5.56. The van der Waals surface area contributed by atoms with Crippen LogP contribution >= 0.6 is 0 Å². The third kappa shape index (κ3) is 5.67. The highest BCUT2D eigenvalue weighted by atomic mass is 19.4. The molecule has 1 aliphatic heterocycles. The topological polar surface area (TPSA) is 24.5 Å². The summed E-state index contributed by atoms with van der Waals surface area (Å²) in [5.41, 5.74) is 0. The van der Waals surface area contributed by atoms with Gasteiger partial charge in [0.1, 0.15) is 0 Å². The van der Waals surface area contributed by atoms with E-state index in [0.29, 0.717) is 13.2 Å². The van der Waals surface area contributed by atoms with Crippen LogP contribution in [0.2, 0.25) is 0 Å². The number of alkyl halides is 3. The molecule has 16 heavy (non-hydrogen) atoms. The lowest BCUT2D eigenvalue weighted by Gasteiger charge is -2.32. The number of morpholine rings is 1. The normalized spacial score (nSPS) is 23.6. The molecule has 96 valence electrons. The number of hydrogen-bond donors (Lipinski definition) is 1. The maximum atomic E-state index is 12.0. The van der Waals surface area contributed by atoms with Gasteiger partial charge in [-0.25, -0.2) is 0 Å². The molecule has 6 heteroatoms. The monoisotopic (exact) mass is 240 g/mol. The molecule has 0 radical (unpaired) electrons. The molecule has 0 amide bonds. The summed E-state index contributed by atoms with van der Waals surface area (Å²) in [5, 5.41) is 3.01. The minimum atomic E-state index is -4.03. The van der Waals surface area contributed by atoms with E-state index in [2.05, 4.69) is 5.32 Å². The summed E-state index contributed by atoms with van der Waals surface area (Å²) < 4.78 is 41.3. The Bertz CT molecular complexity index is 197. The fraction of sp³-hybridized carbons (Fsp3) is 1.00. The molecule has 0 bridgehead atoms. The summed E-state index contributed by atoms with van der Waals surface area (Å²) in [4.78, 5) is 2.04. The van der Waals surface area contributed by atoms with E-state index >= 15 is 0 Å². The van der Waals surface area contributed by atoms with Crippen LogP contribution in [0.3, 0.4) is 0 Å². The average molecular weight is 240 g/mol. The SMILES string of the molecule is CNCC1CN(CCCC(F)(F)F)CCO1. The predicted octanol–water partition coefficient (Wildman–Crippen LogP) is 1.25. The van der Waals surface area contributed by atoms with Crippen LogP contribution < -0.4 is 5.32 Å². The summed E-state index contributed by atoms with van der Waals surface area (Å²) in [6, 6.07) is 0. The van der Waals surface area contributed by atoms with Gasteiger partial charge in [-0.1, -0.05) is 0 Å². The Morgan fingerprint density at radius 2 is 2.19 bits per heavy atom. The number of rotatable bonds is 5. The highest BCUT2D eigenvalue weighted by Gasteiger charge is 2.27. The van der Waals surface area contributed by atoms with Crippen molar-refractivity contribution < 1.29 is 17.9 Å². The summed E-state index contributed by atoms with van der Waals surface area (Å²) in [5.74, 6) is 0. The van der Waals surface area contributed by atoms with Crippen molar-refractivity contribution >= 4 is 0 Å². The van der Waals surface area contributed by atoms with E-state index in [9.17, 15) is 13.2 Å². The van der Waals surface area contributed by atoms with Gasteiger partial charge in [-0.05, 0) is 20.0 Å². The minimum Gasteiger partial charge on any atom is -0.374 e. The molecule has 0 spiro atoms. The van der Waals surface area contributed by atoms with Crippen LogP contribution in [0.1, 0.15) is 12.8 Å². The van der Waals surface area contributed by atoms with Crippen LogP contribution in [-0.4, -0.2) is 57.0 Å². The first kappa shape index (κ1) is 13.7. The number of halogens is 3. The number of hydrogen-bond acceptors (Lipinski definition) is 3. The molecular formula is C10H19F3N2O. The molecule has 0 aromatic rings. The maximum absolute atomic E-state index is 12.0. The predicted molar refractivity (Wildman–Crippen MR) is 55.4 cm³/mol. The zero-order valence-corrected chi connectivity index (χ0v) is 9.52. The van der Waals surface area contributed by atoms with Gasteiger partial charge >= 0.3 is 6.18 Å². The molecule has 1 N–H and O–H groups in total. The molecule has 1 fully saturated rings. The molecule has 0 saturated carbocycles. The van der Waals surface area contributed by atoms with Crippen LogP contribution in [0, 0.1) is 0 Å². The van der Waals surface area contributed by atoms with Gasteiger partial charge in [-0.3, -0.25) is 4.90 Å². The fourth-order valence-corrected chi connectivity index (χ4v) is 1.84. The maximum Gasteiger partial charge on any atom is 0.389 e. The van der Waals surface area contributed by atoms with Crippen molar-refractivity contribution in [2.24, 2.45) is 0 Å². The van der Waals surface area contributed by atoms with E-state index in [1.54, 1.807) is 0 Å². The first-order chi connectivity index (χ1) is 7.51. The zero-order valence-electron chi connectivity index (χ0n) is 9.52. The van der Waals surface area contributed by atoms with Crippen LogP contribution in [0.15, 0.2) is 0 Å². The van der Waals surface area contributed by atoms with Crippen molar-refractivity contribution in [2.45, 2.75) is 25.1 Å². The van der Waals surface area contributed by atoms with Gasteiger partial charge in [-0.2, -0.15) is 13.2 Å². The molecule has 1 atom stereocenters. The number of likely N-dealkylation sites (N-methyl/N-ethyl adjacent to an activating group) is 1. The standard InChI is InChI=1S/C10H19F3N2O/c1-14-7-9-8-15(5-6-16-9)4-2-3-10(11,12)13/h9,14H,2-8H2,1H3. The summed E-state index contributed by atoms with van der Waals surface area (Å²) in [6.07, 6.45) is -4.45. The van der Waals surface area contributed by atoms with Gasteiger partial charge in [0.25, 0.3) is 0 Å². The van der Waals surface area contributed by atoms with Crippen molar-refractivity contribution in [2.75, 3.05) is 39.8 Å². The van der Waals surface area contributed by atoms with Crippen molar-refractivity contribution in [1.29, 1.82) is 0 Å². The molecule has 1 rings (SSSR count). The van der Waals surface area contributed by atoms with Gasteiger partial charge in [0.05, 0.1) is 12.7 Å². The number of nitrogens with zero attached hydrogens (tertiary/aromatic N) is 1. The lowest BCUT2D eigenvalue weighted by molar-refractivity contribution is -0.137. The highest BCUT2D eigenvalue weighted by molar-refractivity contribution is 4.73. The second-order valence-corrected chi connectivity index (χ2v) is 4.07. The third-order valence-electron chi connectivity index (χ3n) is 2.59. The van der Waals surface area contributed by atoms with Crippen LogP contribution in [0.5, 0.6) is 0 Å². The molecule has 1 unspecified atom stereocenters. The average Bonchev–Trinajstić information content (AvgIpc) is 2.17. The Morgan fingerprint density at radius 3 is 2.81 bits per heavy atom. The molecule has 1 aliphatic rings. The van der Waals surface area contributed by atoms with Crippen LogP contribution in [0.4, 0.5) is 13.2 Å². The highest BCUT2D eigenvalue weighted by Crippen LogP contribution is 2.21. The summed E-state index contributed by atoms with van der Waals surface area (Å²) in [7, 11) is 1.84. The van der Waals surface area contributed by atoms with Gasteiger partial charge < -0.3 is 10.1 Å². The number of ether oxygens (including phenoxy) is 1. The van der Waals surface area contributed by atoms with Gasteiger partial charge in [-0.15, -0.1) is 0 Å². The van der Waals surface area contributed by atoms with E-state index in [1.165, 1.54) is 0 Å². The van der Waals surface area contributed by atoms with Crippen molar-refractivity contribution in [1.82, 2.24) is 10.2 Å². The fourth-order valence-electron chi connectivity index (χ4n) is 1.84. The van der Waals surface area contributed by atoms with Crippen molar-refractivity contribution in [3.05, 3.63) is 0 Å². The third-order valence-corrected chi connectivity index (χ3v) is 2.59. The van der Waals surface area contributed by atoms with Crippen LogP contribution in [0.25, 0.3) is 0 Å².